The summed E-state index contributed by atoms with van der Waals surface area (Å²) in [5, 5.41) is 11.5. The minimum absolute atomic E-state index is 0.214. The van der Waals surface area contributed by atoms with Gasteiger partial charge in [0.25, 0.3) is 0 Å². The Hall–Kier alpha value is -1.19. The van der Waals surface area contributed by atoms with Crippen LogP contribution in [0.25, 0.3) is 0 Å². The number of rotatable bonds is 5. The van der Waals surface area contributed by atoms with E-state index in [1.54, 1.807) is 11.3 Å². The fourth-order valence-corrected chi connectivity index (χ4v) is 2.46. The minimum atomic E-state index is 0.214. The number of aromatic nitrogens is 1. The van der Waals surface area contributed by atoms with Crippen molar-refractivity contribution in [3.8, 4) is 0 Å². The molecular weight excluding hydrogens is 230 g/mol. The Morgan fingerprint density at radius 1 is 1.24 bits per heavy atom. The van der Waals surface area contributed by atoms with Crippen molar-refractivity contribution in [1.82, 2.24) is 4.98 Å². The topological polar surface area (TPSA) is 33.1 Å². The maximum absolute atomic E-state index is 9.42. The summed E-state index contributed by atoms with van der Waals surface area (Å²) in [4.78, 5) is 4.27. The Labute approximate surface area is 106 Å². The molecule has 2 aromatic rings. The molecule has 0 aliphatic carbocycles. The number of hydrogen-bond acceptors (Lipinski definition) is 3. The van der Waals surface area contributed by atoms with E-state index < -0.39 is 0 Å². The lowest BCUT2D eigenvalue weighted by atomic mass is 9.95. The van der Waals surface area contributed by atoms with Gasteiger partial charge in [-0.3, -0.25) is 0 Å². The monoisotopic (exact) mass is 247 g/mol. The minimum Gasteiger partial charge on any atom is -0.396 e. The van der Waals surface area contributed by atoms with Crippen molar-refractivity contribution in [2.45, 2.75) is 19.8 Å². The number of hydrogen-bond donors (Lipinski definition) is 1. The summed E-state index contributed by atoms with van der Waals surface area (Å²) in [5.41, 5.74) is 5.48. The van der Waals surface area contributed by atoms with Gasteiger partial charge in [0.2, 0.25) is 0 Å². The van der Waals surface area contributed by atoms with Gasteiger partial charge in [-0.25, -0.2) is 4.98 Å². The predicted octanol–water partition coefficient (Wildman–Crippen LogP) is 2.85. The quantitative estimate of drug-likeness (QED) is 0.881. The SMILES string of the molecule is Cc1ccc(CC(CO)Cc2cscn2)cc1. The van der Waals surface area contributed by atoms with Gasteiger partial charge in [0.1, 0.15) is 0 Å². The third-order valence-corrected chi connectivity index (χ3v) is 3.52. The first-order valence-electron chi connectivity index (χ1n) is 5.81. The molecule has 17 heavy (non-hydrogen) atoms. The number of aryl methyl sites for hydroxylation is 1. The van der Waals surface area contributed by atoms with Gasteiger partial charge in [-0.15, -0.1) is 11.3 Å². The summed E-state index contributed by atoms with van der Waals surface area (Å²) >= 11 is 1.61. The van der Waals surface area contributed by atoms with Crippen LogP contribution in [0.3, 0.4) is 0 Å². The van der Waals surface area contributed by atoms with Crippen molar-refractivity contribution in [3.05, 3.63) is 52.0 Å². The molecular formula is C14H17NOS. The molecule has 1 aromatic carbocycles. The molecule has 1 aromatic heterocycles. The molecule has 0 radical (unpaired) electrons. The molecule has 90 valence electrons. The van der Waals surface area contributed by atoms with E-state index in [0.717, 1.165) is 18.5 Å². The van der Waals surface area contributed by atoms with E-state index >= 15 is 0 Å². The smallest absolute Gasteiger partial charge is 0.0794 e. The van der Waals surface area contributed by atoms with Crippen molar-refractivity contribution in [2.24, 2.45) is 5.92 Å². The van der Waals surface area contributed by atoms with E-state index in [1.807, 2.05) is 5.51 Å². The molecule has 1 N–H and O–H groups in total. The van der Waals surface area contributed by atoms with Crippen LogP contribution < -0.4 is 0 Å². The first-order valence-corrected chi connectivity index (χ1v) is 6.75. The second-order valence-corrected chi connectivity index (χ2v) is 5.14. The second kappa shape index (κ2) is 5.94. The van der Waals surface area contributed by atoms with E-state index in [2.05, 4.69) is 41.6 Å². The summed E-state index contributed by atoms with van der Waals surface area (Å²) in [5.74, 6) is 0.264. The average molecular weight is 247 g/mol. The van der Waals surface area contributed by atoms with Gasteiger partial charge in [0.05, 0.1) is 11.2 Å². The molecule has 0 spiro atoms. The standard InChI is InChI=1S/C14H17NOS/c1-11-2-4-12(5-3-11)6-13(8-16)7-14-9-17-10-15-14/h2-5,9-10,13,16H,6-8H2,1H3. The van der Waals surface area contributed by atoms with Gasteiger partial charge in [0.15, 0.2) is 0 Å². The number of aliphatic hydroxyl groups excluding tert-OH is 1. The van der Waals surface area contributed by atoms with E-state index in [4.69, 9.17) is 0 Å². The Bertz CT molecular complexity index is 436. The molecule has 0 bridgehead atoms. The summed E-state index contributed by atoms with van der Waals surface area (Å²) in [6.07, 6.45) is 1.77. The predicted molar refractivity (Wildman–Crippen MR) is 71.3 cm³/mol. The van der Waals surface area contributed by atoms with Crippen LogP contribution >= 0.6 is 11.3 Å². The lowest BCUT2D eigenvalue weighted by Crippen LogP contribution is -2.13. The first-order chi connectivity index (χ1) is 8.28. The second-order valence-electron chi connectivity index (χ2n) is 4.42. The molecule has 2 rings (SSSR count). The lowest BCUT2D eigenvalue weighted by Gasteiger charge is -2.12. The van der Waals surface area contributed by atoms with Gasteiger partial charge in [-0.05, 0) is 31.2 Å². The number of aliphatic hydroxyl groups is 1. The van der Waals surface area contributed by atoms with Crippen LogP contribution in [0.2, 0.25) is 0 Å². The van der Waals surface area contributed by atoms with Crippen LogP contribution in [-0.4, -0.2) is 16.7 Å². The van der Waals surface area contributed by atoms with Gasteiger partial charge in [0, 0.05) is 12.0 Å². The van der Waals surface area contributed by atoms with Gasteiger partial charge < -0.3 is 5.11 Å². The Morgan fingerprint density at radius 2 is 2.00 bits per heavy atom. The van der Waals surface area contributed by atoms with Crippen LogP contribution in [0.4, 0.5) is 0 Å². The van der Waals surface area contributed by atoms with Crippen molar-refractivity contribution in [2.75, 3.05) is 6.61 Å². The van der Waals surface area contributed by atoms with Crippen molar-refractivity contribution < 1.29 is 5.11 Å². The summed E-state index contributed by atoms with van der Waals surface area (Å²) < 4.78 is 0. The lowest BCUT2D eigenvalue weighted by molar-refractivity contribution is 0.224. The Balaban J connectivity index is 1.97. The Kier molecular flexibility index (Phi) is 4.29. The van der Waals surface area contributed by atoms with Gasteiger partial charge in [-0.2, -0.15) is 0 Å². The number of nitrogens with zero attached hydrogens (tertiary/aromatic N) is 1. The highest BCUT2D eigenvalue weighted by Gasteiger charge is 2.10. The average Bonchev–Trinajstić information content (AvgIpc) is 2.84. The van der Waals surface area contributed by atoms with Gasteiger partial charge >= 0.3 is 0 Å². The van der Waals surface area contributed by atoms with E-state index in [-0.39, 0.29) is 12.5 Å². The van der Waals surface area contributed by atoms with E-state index in [1.165, 1.54) is 11.1 Å². The van der Waals surface area contributed by atoms with Gasteiger partial charge in [-0.1, -0.05) is 29.8 Å². The van der Waals surface area contributed by atoms with Crippen LogP contribution in [0, 0.1) is 12.8 Å². The van der Waals surface area contributed by atoms with Crippen LogP contribution in [0.5, 0.6) is 0 Å². The van der Waals surface area contributed by atoms with Crippen molar-refractivity contribution >= 4 is 11.3 Å². The highest BCUT2D eigenvalue weighted by molar-refractivity contribution is 7.07. The molecule has 0 saturated heterocycles. The molecule has 0 fully saturated rings. The maximum atomic E-state index is 9.42. The molecule has 1 atom stereocenters. The van der Waals surface area contributed by atoms with Crippen LogP contribution in [-0.2, 0) is 12.8 Å². The molecule has 2 nitrogen and oxygen atoms in total. The van der Waals surface area contributed by atoms with Crippen LogP contribution in [0.1, 0.15) is 16.8 Å². The fourth-order valence-electron chi connectivity index (χ4n) is 1.89. The molecule has 1 heterocycles. The van der Waals surface area contributed by atoms with Crippen molar-refractivity contribution in [3.63, 3.8) is 0 Å². The zero-order valence-electron chi connectivity index (χ0n) is 9.97. The third kappa shape index (κ3) is 3.65. The molecule has 3 heteroatoms. The highest BCUT2D eigenvalue weighted by Crippen LogP contribution is 2.15. The zero-order valence-corrected chi connectivity index (χ0v) is 10.8. The number of benzene rings is 1. The summed E-state index contributed by atoms with van der Waals surface area (Å²) in [6.45, 7) is 2.30. The van der Waals surface area contributed by atoms with E-state index in [0.29, 0.717) is 0 Å². The molecule has 0 aliphatic heterocycles. The van der Waals surface area contributed by atoms with Crippen LogP contribution in [0.15, 0.2) is 35.2 Å². The molecule has 0 aliphatic rings. The molecule has 1 unspecified atom stereocenters. The zero-order chi connectivity index (χ0) is 12.1. The largest absolute Gasteiger partial charge is 0.396 e. The number of thiazole rings is 1. The molecule has 0 saturated carbocycles. The Morgan fingerprint density at radius 3 is 2.59 bits per heavy atom. The van der Waals surface area contributed by atoms with E-state index in [9.17, 15) is 5.11 Å². The third-order valence-electron chi connectivity index (χ3n) is 2.88. The first kappa shape index (κ1) is 12.3. The normalized spacial score (nSPS) is 12.6. The van der Waals surface area contributed by atoms with Crippen molar-refractivity contribution in [1.29, 1.82) is 0 Å². The highest BCUT2D eigenvalue weighted by atomic mass is 32.1. The fraction of sp³-hybridized carbons (Fsp3) is 0.357. The maximum Gasteiger partial charge on any atom is 0.0794 e. The summed E-state index contributed by atoms with van der Waals surface area (Å²) in [7, 11) is 0. The molecule has 0 amide bonds. The summed E-state index contributed by atoms with van der Waals surface area (Å²) in [6, 6.07) is 8.51.